The molecule has 1 aliphatic heterocycles. The third kappa shape index (κ3) is 5.68. The summed E-state index contributed by atoms with van der Waals surface area (Å²) in [6.45, 7) is -0.00578. The Morgan fingerprint density at radius 1 is 1.20 bits per heavy atom. The monoisotopic (exact) mass is 521 g/mol. The summed E-state index contributed by atoms with van der Waals surface area (Å²) >= 11 is 5.74. The summed E-state index contributed by atoms with van der Waals surface area (Å²) in [6, 6.07) is 12.1. The quantitative estimate of drug-likeness (QED) is 0.456. The summed E-state index contributed by atoms with van der Waals surface area (Å²) in [5.41, 5.74) is 1.44. The maximum Gasteiger partial charge on any atom is 0.280 e. The van der Waals surface area contributed by atoms with Gasteiger partial charge in [0.05, 0.1) is 11.6 Å². The van der Waals surface area contributed by atoms with Crippen LogP contribution >= 0.6 is 11.6 Å². The summed E-state index contributed by atoms with van der Waals surface area (Å²) in [5, 5.41) is 8.83. The normalized spacial score (nSPS) is 19.7. The van der Waals surface area contributed by atoms with Crippen LogP contribution in [-0.2, 0) is 26.3 Å². The van der Waals surface area contributed by atoms with E-state index in [1.54, 1.807) is 6.07 Å². The molecular weight excluding hydrogens is 501 g/mol. The lowest BCUT2D eigenvalue weighted by Crippen LogP contribution is -2.62. The maximum atomic E-state index is 13.4. The van der Waals surface area contributed by atoms with Crippen LogP contribution in [0.1, 0.15) is 12.1 Å². The molecule has 2 heterocycles. The zero-order valence-corrected chi connectivity index (χ0v) is 19.9. The lowest BCUT2D eigenvalue weighted by atomic mass is 10.1. The molecule has 4 rings (SSSR count). The molecule has 0 radical (unpaired) electrons. The molecule has 35 heavy (non-hydrogen) atoms. The number of nitrogens with one attached hydrogen (secondary N) is 3. The van der Waals surface area contributed by atoms with Gasteiger partial charge in [0, 0.05) is 24.4 Å². The molecule has 1 fully saturated rings. The van der Waals surface area contributed by atoms with Crippen LogP contribution in [0.2, 0.25) is 5.02 Å². The highest BCUT2D eigenvalue weighted by atomic mass is 35.5. The van der Waals surface area contributed by atoms with Crippen LogP contribution in [0, 0.1) is 5.82 Å². The van der Waals surface area contributed by atoms with E-state index >= 15 is 0 Å². The number of anilines is 1. The number of halogens is 2. The van der Waals surface area contributed by atoms with Crippen molar-refractivity contribution in [1.82, 2.24) is 19.5 Å². The largest absolute Gasteiger partial charge is 0.356 e. The van der Waals surface area contributed by atoms with E-state index in [1.165, 1.54) is 19.2 Å². The van der Waals surface area contributed by atoms with Crippen molar-refractivity contribution in [2.24, 2.45) is 0 Å². The third-order valence-electron chi connectivity index (χ3n) is 5.44. The highest BCUT2D eigenvalue weighted by Gasteiger charge is 2.42. The predicted octanol–water partition coefficient (Wildman–Crippen LogP) is 2.30. The molecule has 3 N–H and O–H groups in total. The SMILES string of the molecule is CN1C(C(=O)Nc2ccc(F)c(Cl)c2)CC(C(=O)NCc2cc(-c3ccccc3)on2)NS1(=O)=O. The van der Waals surface area contributed by atoms with Gasteiger partial charge in [-0.05, 0) is 24.6 Å². The fraction of sp³-hybridized carbons (Fsp3) is 0.227. The molecule has 3 aromatic rings. The Labute approximate surface area is 205 Å². The van der Waals surface area contributed by atoms with Gasteiger partial charge in [0.2, 0.25) is 11.8 Å². The molecule has 13 heteroatoms. The molecule has 0 bridgehead atoms. The number of benzene rings is 2. The molecule has 2 unspecified atom stereocenters. The Bertz CT molecular complexity index is 1350. The van der Waals surface area contributed by atoms with E-state index < -0.39 is 39.9 Å². The number of hydrogen-bond acceptors (Lipinski definition) is 6. The standard InChI is InChI=1S/C22H21ClFN5O5S/c1-29-19(22(31)26-14-7-8-17(24)16(23)9-14)11-18(28-35(29,32)33)21(30)25-12-15-10-20(34-27-15)13-5-3-2-4-6-13/h2-10,18-19,28H,11-12H2,1H3,(H,25,30)(H,26,31). The summed E-state index contributed by atoms with van der Waals surface area (Å²) in [6.07, 6.45) is -0.142. The van der Waals surface area contributed by atoms with Crippen LogP contribution in [0.3, 0.4) is 0 Å². The molecule has 1 saturated heterocycles. The van der Waals surface area contributed by atoms with Crippen LogP contribution in [0.15, 0.2) is 59.1 Å². The van der Waals surface area contributed by atoms with Gasteiger partial charge in [-0.1, -0.05) is 47.1 Å². The molecule has 2 aromatic carbocycles. The van der Waals surface area contributed by atoms with Crippen LogP contribution in [-0.4, -0.2) is 48.8 Å². The average molecular weight is 522 g/mol. The van der Waals surface area contributed by atoms with Crippen LogP contribution in [0.25, 0.3) is 11.3 Å². The zero-order valence-electron chi connectivity index (χ0n) is 18.4. The minimum Gasteiger partial charge on any atom is -0.356 e. The summed E-state index contributed by atoms with van der Waals surface area (Å²) in [4.78, 5) is 25.6. The number of carbonyl (C=O) groups is 2. The molecule has 2 amide bonds. The highest BCUT2D eigenvalue weighted by Crippen LogP contribution is 2.23. The first-order valence-electron chi connectivity index (χ1n) is 10.4. The lowest BCUT2D eigenvalue weighted by Gasteiger charge is -2.35. The summed E-state index contributed by atoms with van der Waals surface area (Å²) in [7, 11) is -2.91. The molecule has 10 nitrogen and oxygen atoms in total. The fourth-order valence-corrected chi connectivity index (χ4v) is 4.94. The number of hydrogen-bond donors (Lipinski definition) is 3. The Hall–Kier alpha value is -3.32. The maximum absolute atomic E-state index is 13.4. The minimum atomic E-state index is -4.13. The van der Waals surface area contributed by atoms with Crippen molar-refractivity contribution in [3.8, 4) is 11.3 Å². The number of amides is 2. The predicted molar refractivity (Wildman–Crippen MR) is 126 cm³/mol. The van der Waals surface area contributed by atoms with Gasteiger partial charge in [0.15, 0.2) is 5.76 Å². The molecule has 0 saturated carbocycles. The smallest absolute Gasteiger partial charge is 0.280 e. The van der Waals surface area contributed by atoms with Crippen molar-refractivity contribution in [3.05, 3.63) is 71.1 Å². The lowest BCUT2D eigenvalue weighted by molar-refractivity contribution is -0.125. The Kier molecular flexibility index (Phi) is 7.17. The van der Waals surface area contributed by atoms with Crippen molar-refractivity contribution < 1.29 is 26.9 Å². The number of likely N-dealkylation sites (N-methyl/N-ethyl adjacent to an activating group) is 1. The van der Waals surface area contributed by atoms with Gasteiger partial charge in [-0.3, -0.25) is 9.59 Å². The van der Waals surface area contributed by atoms with Gasteiger partial charge in [0.25, 0.3) is 10.2 Å². The average Bonchev–Trinajstić information content (AvgIpc) is 3.31. The van der Waals surface area contributed by atoms with E-state index in [-0.39, 0.29) is 23.7 Å². The zero-order chi connectivity index (χ0) is 25.2. The van der Waals surface area contributed by atoms with Gasteiger partial charge in [-0.25, -0.2) is 4.39 Å². The molecule has 2 atom stereocenters. The highest BCUT2D eigenvalue weighted by molar-refractivity contribution is 7.87. The van der Waals surface area contributed by atoms with E-state index in [0.29, 0.717) is 11.5 Å². The summed E-state index contributed by atoms with van der Waals surface area (Å²) in [5.74, 6) is -1.46. The van der Waals surface area contributed by atoms with Crippen molar-refractivity contribution in [1.29, 1.82) is 0 Å². The molecular formula is C22H21ClFN5O5S. The Morgan fingerprint density at radius 2 is 1.94 bits per heavy atom. The van der Waals surface area contributed by atoms with Gasteiger partial charge in [-0.15, -0.1) is 0 Å². The molecule has 1 aliphatic rings. The topological polar surface area (TPSA) is 134 Å². The van der Waals surface area contributed by atoms with Gasteiger partial charge in [0.1, 0.15) is 23.6 Å². The molecule has 0 aliphatic carbocycles. The minimum absolute atomic E-state index is 0.00578. The van der Waals surface area contributed by atoms with E-state index in [1.807, 2.05) is 30.3 Å². The van der Waals surface area contributed by atoms with Gasteiger partial charge >= 0.3 is 0 Å². The van der Waals surface area contributed by atoms with Crippen molar-refractivity contribution in [2.75, 3.05) is 12.4 Å². The molecule has 0 spiro atoms. The van der Waals surface area contributed by atoms with Crippen molar-refractivity contribution in [2.45, 2.75) is 25.0 Å². The third-order valence-corrected chi connectivity index (χ3v) is 7.32. The first kappa shape index (κ1) is 24.8. The number of aromatic nitrogens is 1. The van der Waals surface area contributed by atoms with Crippen LogP contribution < -0.4 is 15.4 Å². The molecule has 1 aromatic heterocycles. The number of nitrogens with zero attached hydrogens (tertiary/aromatic N) is 2. The number of rotatable bonds is 6. The van der Waals surface area contributed by atoms with E-state index in [4.69, 9.17) is 16.1 Å². The van der Waals surface area contributed by atoms with Crippen molar-refractivity contribution in [3.63, 3.8) is 0 Å². The second-order valence-corrected chi connectivity index (χ2v) is 10.00. The van der Waals surface area contributed by atoms with Crippen LogP contribution in [0.5, 0.6) is 0 Å². The fourth-order valence-electron chi connectivity index (χ4n) is 3.52. The second-order valence-electron chi connectivity index (χ2n) is 7.83. The second kappa shape index (κ2) is 10.1. The number of carbonyl (C=O) groups excluding carboxylic acids is 2. The van der Waals surface area contributed by atoms with Crippen molar-refractivity contribution >= 4 is 39.3 Å². The van der Waals surface area contributed by atoms with Crippen LogP contribution in [0.4, 0.5) is 10.1 Å². The van der Waals surface area contributed by atoms with E-state index in [2.05, 4.69) is 20.5 Å². The van der Waals surface area contributed by atoms with E-state index in [0.717, 1.165) is 15.9 Å². The Morgan fingerprint density at radius 3 is 2.66 bits per heavy atom. The van der Waals surface area contributed by atoms with Gasteiger partial charge in [-0.2, -0.15) is 17.4 Å². The first-order valence-corrected chi connectivity index (χ1v) is 12.3. The van der Waals surface area contributed by atoms with E-state index in [9.17, 15) is 22.4 Å². The summed E-state index contributed by atoms with van der Waals surface area (Å²) < 4.78 is 46.9. The Balaban J connectivity index is 1.41. The van der Waals surface area contributed by atoms with Gasteiger partial charge < -0.3 is 15.2 Å². The molecule has 184 valence electrons. The first-order chi connectivity index (χ1) is 16.6.